The van der Waals surface area contributed by atoms with E-state index in [1.165, 1.54) is 0 Å². The first-order valence-electron chi connectivity index (χ1n) is 3.89. The van der Waals surface area contributed by atoms with E-state index in [0.29, 0.717) is 6.42 Å². The molecule has 1 atom stereocenters. The van der Waals surface area contributed by atoms with Gasteiger partial charge in [0.25, 0.3) is 0 Å². The molecule has 0 spiro atoms. The summed E-state index contributed by atoms with van der Waals surface area (Å²) in [5, 5.41) is 9.06. The summed E-state index contributed by atoms with van der Waals surface area (Å²) in [6.07, 6.45) is 1.90. The number of nitrogens with zero attached hydrogens (tertiary/aromatic N) is 1. The third-order valence-corrected chi connectivity index (χ3v) is 1.54. The van der Waals surface area contributed by atoms with Crippen molar-refractivity contribution in [3.8, 4) is 5.75 Å². The van der Waals surface area contributed by atoms with Gasteiger partial charge in [-0.15, -0.1) is 0 Å². The van der Waals surface area contributed by atoms with Gasteiger partial charge in [-0.3, -0.25) is 4.98 Å². The Labute approximate surface area is 72.0 Å². The molecule has 0 bridgehead atoms. The van der Waals surface area contributed by atoms with Crippen LogP contribution < -0.4 is 4.74 Å². The van der Waals surface area contributed by atoms with Crippen LogP contribution in [0.25, 0.3) is 0 Å². The predicted octanol–water partition coefficient (Wildman–Crippen LogP) is 1.01. The molecule has 0 saturated carbocycles. The van der Waals surface area contributed by atoms with Crippen molar-refractivity contribution < 1.29 is 9.84 Å². The fraction of sp³-hybridized carbons (Fsp3) is 0.444. The van der Waals surface area contributed by atoms with Gasteiger partial charge in [0.05, 0.1) is 19.4 Å². The molecular weight excluding hydrogens is 154 g/mol. The summed E-state index contributed by atoms with van der Waals surface area (Å²) in [6.45, 7) is 1.74. The topological polar surface area (TPSA) is 42.4 Å². The molecule has 12 heavy (non-hydrogen) atoms. The lowest BCUT2D eigenvalue weighted by Crippen LogP contribution is -2.05. The Balaban J connectivity index is 2.65. The number of methoxy groups -OCH3 is 1. The summed E-state index contributed by atoms with van der Waals surface area (Å²) in [5.74, 6) is 0.740. The Morgan fingerprint density at radius 3 is 2.75 bits per heavy atom. The van der Waals surface area contributed by atoms with Crippen molar-refractivity contribution in [3.63, 3.8) is 0 Å². The van der Waals surface area contributed by atoms with Crippen LogP contribution in [-0.4, -0.2) is 23.3 Å². The lowest BCUT2D eigenvalue weighted by Gasteiger charge is -2.03. The lowest BCUT2D eigenvalue weighted by molar-refractivity contribution is 0.194. The van der Waals surface area contributed by atoms with Crippen LogP contribution in [0.2, 0.25) is 0 Å². The maximum Gasteiger partial charge on any atom is 0.137 e. The van der Waals surface area contributed by atoms with Gasteiger partial charge < -0.3 is 9.84 Å². The summed E-state index contributed by atoms with van der Waals surface area (Å²) in [4.78, 5) is 4.10. The molecule has 0 aliphatic heterocycles. The molecule has 1 rings (SSSR count). The summed E-state index contributed by atoms with van der Waals surface area (Å²) in [6, 6.07) is 3.69. The minimum absolute atomic E-state index is 0.342. The van der Waals surface area contributed by atoms with Crippen LogP contribution in [0.1, 0.15) is 12.6 Å². The number of pyridine rings is 1. The molecule has 0 aliphatic carbocycles. The average Bonchev–Trinajstić information content (AvgIpc) is 2.05. The molecule has 0 fully saturated rings. The van der Waals surface area contributed by atoms with E-state index in [9.17, 15) is 0 Å². The molecule has 3 nitrogen and oxygen atoms in total. The maximum absolute atomic E-state index is 9.06. The van der Waals surface area contributed by atoms with Crippen molar-refractivity contribution in [2.24, 2.45) is 0 Å². The fourth-order valence-electron chi connectivity index (χ4n) is 0.955. The molecule has 66 valence electrons. The first-order chi connectivity index (χ1) is 5.72. The third-order valence-electron chi connectivity index (χ3n) is 1.54. The van der Waals surface area contributed by atoms with Gasteiger partial charge in [0.15, 0.2) is 0 Å². The van der Waals surface area contributed by atoms with Crippen molar-refractivity contribution in [2.45, 2.75) is 19.4 Å². The summed E-state index contributed by atoms with van der Waals surface area (Å²) in [7, 11) is 1.60. The van der Waals surface area contributed by atoms with Crippen LogP contribution in [0, 0.1) is 0 Å². The van der Waals surface area contributed by atoms with E-state index in [0.717, 1.165) is 11.4 Å². The Bertz CT molecular complexity index is 231. The highest BCUT2D eigenvalue weighted by Gasteiger charge is 1.99. The lowest BCUT2D eigenvalue weighted by atomic mass is 10.2. The van der Waals surface area contributed by atoms with Crippen LogP contribution >= 0.6 is 0 Å². The normalized spacial score (nSPS) is 12.6. The zero-order valence-electron chi connectivity index (χ0n) is 7.32. The largest absolute Gasteiger partial charge is 0.495 e. The van der Waals surface area contributed by atoms with Gasteiger partial charge in [0, 0.05) is 12.1 Å². The van der Waals surface area contributed by atoms with Gasteiger partial charge in [0.2, 0.25) is 0 Å². The predicted molar refractivity (Wildman–Crippen MR) is 46.2 cm³/mol. The molecule has 3 heteroatoms. The van der Waals surface area contributed by atoms with Crippen LogP contribution in [0.15, 0.2) is 18.3 Å². The minimum atomic E-state index is -0.342. The highest BCUT2D eigenvalue weighted by Crippen LogP contribution is 2.08. The first-order valence-corrected chi connectivity index (χ1v) is 3.89. The molecule has 1 N–H and O–H groups in total. The second-order valence-corrected chi connectivity index (χ2v) is 2.74. The molecular formula is C9H13NO2. The van der Waals surface area contributed by atoms with Crippen molar-refractivity contribution >= 4 is 0 Å². The number of ether oxygens (including phenoxy) is 1. The highest BCUT2D eigenvalue weighted by atomic mass is 16.5. The van der Waals surface area contributed by atoms with Gasteiger partial charge in [-0.2, -0.15) is 0 Å². The monoisotopic (exact) mass is 167 g/mol. The van der Waals surface area contributed by atoms with Crippen molar-refractivity contribution in [1.29, 1.82) is 0 Å². The van der Waals surface area contributed by atoms with E-state index in [2.05, 4.69) is 4.98 Å². The molecule has 0 unspecified atom stereocenters. The number of aromatic nitrogens is 1. The maximum atomic E-state index is 9.06. The van der Waals surface area contributed by atoms with Gasteiger partial charge in [0.1, 0.15) is 5.75 Å². The third kappa shape index (κ3) is 2.51. The van der Waals surface area contributed by atoms with Gasteiger partial charge in [-0.1, -0.05) is 0 Å². The van der Waals surface area contributed by atoms with E-state index in [1.807, 2.05) is 12.1 Å². The van der Waals surface area contributed by atoms with Crippen LogP contribution in [0.3, 0.4) is 0 Å². The zero-order valence-corrected chi connectivity index (χ0v) is 7.32. The van der Waals surface area contributed by atoms with Crippen molar-refractivity contribution in [1.82, 2.24) is 4.98 Å². The van der Waals surface area contributed by atoms with Gasteiger partial charge in [-0.05, 0) is 19.1 Å². The van der Waals surface area contributed by atoms with Crippen LogP contribution in [-0.2, 0) is 6.42 Å². The molecule has 0 aromatic carbocycles. The second-order valence-electron chi connectivity index (χ2n) is 2.74. The zero-order chi connectivity index (χ0) is 8.97. The number of hydrogen-bond acceptors (Lipinski definition) is 3. The number of hydrogen-bond donors (Lipinski definition) is 1. The van der Waals surface area contributed by atoms with Gasteiger partial charge >= 0.3 is 0 Å². The number of aliphatic hydroxyl groups is 1. The SMILES string of the molecule is COc1ccc(C[C@@H](C)O)nc1. The molecule has 0 amide bonds. The average molecular weight is 167 g/mol. The smallest absolute Gasteiger partial charge is 0.137 e. The van der Waals surface area contributed by atoms with E-state index >= 15 is 0 Å². The second kappa shape index (κ2) is 4.07. The van der Waals surface area contributed by atoms with Crippen LogP contribution in [0.5, 0.6) is 5.75 Å². The van der Waals surface area contributed by atoms with E-state index < -0.39 is 0 Å². The Kier molecular flexibility index (Phi) is 3.05. The summed E-state index contributed by atoms with van der Waals surface area (Å²) < 4.78 is 4.95. The first kappa shape index (κ1) is 9.00. The quantitative estimate of drug-likeness (QED) is 0.730. The number of rotatable bonds is 3. The van der Waals surface area contributed by atoms with Crippen molar-refractivity contribution in [2.75, 3.05) is 7.11 Å². The fourth-order valence-corrected chi connectivity index (χ4v) is 0.955. The van der Waals surface area contributed by atoms with E-state index in [1.54, 1.807) is 20.2 Å². The standard InChI is InChI=1S/C9H13NO2/c1-7(11)5-8-3-4-9(12-2)6-10-8/h3-4,6-7,11H,5H2,1-2H3/t7-/m1/s1. The van der Waals surface area contributed by atoms with E-state index in [4.69, 9.17) is 9.84 Å². The van der Waals surface area contributed by atoms with Crippen molar-refractivity contribution in [3.05, 3.63) is 24.0 Å². The van der Waals surface area contributed by atoms with Gasteiger partial charge in [-0.25, -0.2) is 0 Å². The Morgan fingerprint density at radius 1 is 1.58 bits per heavy atom. The Hall–Kier alpha value is -1.09. The van der Waals surface area contributed by atoms with E-state index in [-0.39, 0.29) is 6.10 Å². The molecule has 1 aromatic heterocycles. The summed E-state index contributed by atoms with van der Waals surface area (Å²) >= 11 is 0. The minimum Gasteiger partial charge on any atom is -0.495 e. The molecule has 0 radical (unpaired) electrons. The molecule has 0 saturated heterocycles. The molecule has 1 aromatic rings. The highest BCUT2D eigenvalue weighted by molar-refractivity contribution is 5.19. The molecule has 1 heterocycles. The Morgan fingerprint density at radius 2 is 2.33 bits per heavy atom. The summed E-state index contributed by atoms with van der Waals surface area (Å²) in [5.41, 5.74) is 0.880. The number of aliphatic hydroxyl groups excluding tert-OH is 1. The van der Waals surface area contributed by atoms with Crippen LogP contribution in [0.4, 0.5) is 0 Å². The molecule has 0 aliphatic rings.